The van der Waals surface area contributed by atoms with Crippen molar-refractivity contribution >= 4 is 51.3 Å². The summed E-state index contributed by atoms with van der Waals surface area (Å²) in [6.07, 6.45) is 4.65. The Balaban J connectivity index is 1.48. The zero-order valence-electron chi connectivity index (χ0n) is 19.8. The normalized spacial score (nSPS) is 14.5. The second kappa shape index (κ2) is 8.40. The van der Waals surface area contributed by atoms with Gasteiger partial charge < -0.3 is 9.80 Å². The van der Waals surface area contributed by atoms with Gasteiger partial charge in [-0.1, -0.05) is 50.6 Å². The first-order valence-corrected chi connectivity index (χ1v) is 11.7. The van der Waals surface area contributed by atoms with E-state index in [4.69, 9.17) is 16.6 Å². The quantitative estimate of drug-likeness (QED) is 0.400. The third-order valence-electron chi connectivity index (χ3n) is 6.26. The first-order valence-electron chi connectivity index (χ1n) is 11.3. The Morgan fingerprint density at radius 2 is 1.97 bits per heavy atom. The minimum absolute atomic E-state index is 0.193. The van der Waals surface area contributed by atoms with E-state index in [1.807, 2.05) is 55.3 Å². The summed E-state index contributed by atoms with van der Waals surface area (Å²) in [7, 11) is 2.00. The zero-order chi connectivity index (χ0) is 24.0. The number of aromatic nitrogens is 4. The van der Waals surface area contributed by atoms with Crippen molar-refractivity contribution in [1.29, 1.82) is 0 Å². The molecule has 7 nitrogen and oxygen atoms in total. The highest BCUT2D eigenvalue weighted by Gasteiger charge is 2.28. The van der Waals surface area contributed by atoms with Crippen LogP contribution in [0.2, 0.25) is 5.02 Å². The Morgan fingerprint density at radius 1 is 1.15 bits per heavy atom. The van der Waals surface area contributed by atoms with Crippen LogP contribution in [0.25, 0.3) is 22.3 Å². The maximum Gasteiger partial charge on any atom is 0.257 e. The van der Waals surface area contributed by atoms with Gasteiger partial charge in [-0.05, 0) is 47.9 Å². The molecule has 3 heterocycles. The van der Waals surface area contributed by atoms with E-state index in [-0.39, 0.29) is 11.3 Å². The van der Waals surface area contributed by atoms with Gasteiger partial charge in [0, 0.05) is 41.6 Å². The highest BCUT2D eigenvalue weighted by atomic mass is 35.5. The molecule has 0 N–H and O–H groups in total. The predicted molar refractivity (Wildman–Crippen MR) is 136 cm³/mol. The first kappa shape index (κ1) is 22.3. The maximum absolute atomic E-state index is 12.6. The minimum atomic E-state index is -0.362. The highest BCUT2D eigenvalue weighted by Crippen LogP contribution is 2.33. The number of hydrogen-bond donors (Lipinski definition) is 0. The van der Waals surface area contributed by atoms with Crippen LogP contribution in [0.1, 0.15) is 32.8 Å². The number of nitrogens with zero attached hydrogens (tertiary/aromatic N) is 6. The molecule has 2 aromatic carbocycles. The first-order chi connectivity index (χ1) is 16.2. The second-order valence-electron chi connectivity index (χ2n) is 9.69. The molecule has 0 unspecified atom stereocenters. The molecular weight excluding hydrogens is 448 g/mol. The molecule has 0 saturated heterocycles. The van der Waals surface area contributed by atoms with Gasteiger partial charge in [0.25, 0.3) is 5.78 Å². The number of amides is 1. The molecule has 4 aromatic rings. The predicted octanol–water partition coefficient (Wildman–Crippen LogP) is 5.36. The van der Waals surface area contributed by atoms with Gasteiger partial charge in [-0.25, -0.2) is 0 Å². The SMILES string of the molecule is CN(c1cccc(C2=CCN(C(=O)C(C)(C)C)CC2)c1)c1nc2nncn2c2cc(Cl)ccc12. The number of halogens is 1. The molecule has 0 radical (unpaired) electrons. The summed E-state index contributed by atoms with van der Waals surface area (Å²) in [5.74, 6) is 1.49. The minimum Gasteiger partial charge on any atom is -0.338 e. The largest absolute Gasteiger partial charge is 0.338 e. The van der Waals surface area contributed by atoms with Gasteiger partial charge in [-0.2, -0.15) is 4.98 Å². The van der Waals surface area contributed by atoms with E-state index in [0.29, 0.717) is 17.3 Å². The second-order valence-corrected chi connectivity index (χ2v) is 10.1. The van der Waals surface area contributed by atoms with Gasteiger partial charge in [0.1, 0.15) is 12.1 Å². The van der Waals surface area contributed by atoms with Crippen LogP contribution in [0.5, 0.6) is 0 Å². The fourth-order valence-corrected chi connectivity index (χ4v) is 4.57. The molecule has 0 bridgehead atoms. The number of benzene rings is 2. The third-order valence-corrected chi connectivity index (χ3v) is 6.49. The molecule has 1 amide bonds. The fraction of sp³-hybridized carbons (Fsp3) is 0.308. The number of hydrogen-bond acceptors (Lipinski definition) is 5. The number of carbonyl (C=O) groups excluding carboxylic acids is 1. The average Bonchev–Trinajstić information content (AvgIpc) is 3.31. The van der Waals surface area contributed by atoms with Crippen molar-refractivity contribution in [1.82, 2.24) is 24.5 Å². The van der Waals surface area contributed by atoms with Gasteiger partial charge in [-0.3, -0.25) is 9.20 Å². The van der Waals surface area contributed by atoms with Gasteiger partial charge in [0.15, 0.2) is 0 Å². The molecule has 5 rings (SSSR count). The Labute approximate surface area is 203 Å². The summed E-state index contributed by atoms with van der Waals surface area (Å²) in [6.45, 7) is 7.28. The monoisotopic (exact) mass is 474 g/mol. The molecule has 0 atom stereocenters. The molecule has 1 aliphatic rings. The molecule has 1 aliphatic heterocycles. The number of carbonyl (C=O) groups is 1. The van der Waals surface area contributed by atoms with Crippen LogP contribution in [-0.4, -0.2) is 50.5 Å². The summed E-state index contributed by atoms with van der Waals surface area (Å²) in [4.78, 5) is 21.4. The molecule has 174 valence electrons. The maximum atomic E-state index is 12.6. The van der Waals surface area contributed by atoms with Crippen molar-refractivity contribution < 1.29 is 4.79 Å². The molecule has 2 aromatic heterocycles. The van der Waals surface area contributed by atoms with Crippen LogP contribution in [-0.2, 0) is 4.79 Å². The van der Waals surface area contributed by atoms with Gasteiger partial charge >= 0.3 is 0 Å². The number of rotatable bonds is 3. The van der Waals surface area contributed by atoms with E-state index in [1.165, 1.54) is 5.57 Å². The lowest BCUT2D eigenvalue weighted by molar-refractivity contribution is -0.139. The van der Waals surface area contributed by atoms with Gasteiger partial charge in [0.05, 0.1) is 5.52 Å². The van der Waals surface area contributed by atoms with Crippen LogP contribution in [0.15, 0.2) is 54.9 Å². The average molecular weight is 475 g/mol. The molecule has 0 spiro atoms. The van der Waals surface area contributed by atoms with E-state index in [0.717, 1.165) is 40.9 Å². The fourth-order valence-electron chi connectivity index (χ4n) is 4.41. The summed E-state index contributed by atoms with van der Waals surface area (Å²) in [5, 5.41) is 9.77. The summed E-state index contributed by atoms with van der Waals surface area (Å²) in [5.41, 5.74) is 3.96. The molecule has 8 heteroatoms. The summed E-state index contributed by atoms with van der Waals surface area (Å²) in [6, 6.07) is 14.2. The number of anilines is 2. The van der Waals surface area contributed by atoms with Crippen LogP contribution >= 0.6 is 11.6 Å². The lowest BCUT2D eigenvalue weighted by Crippen LogP contribution is -2.41. The lowest BCUT2D eigenvalue weighted by atomic mass is 9.92. The van der Waals surface area contributed by atoms with Gasteiger partial charge in [-0.15, -0.1) is 10.2 Å². The smallest absolute Gasteiger partial charge is 0.257 e. The van der Waals surface area contributed by atoms with Crippen LogP contribution in [0, 0.1) is 5.41 Å². The highest BCUT2D eigenvalue weighted by molar-refractivity contribution is 6.31. The standard InChI is InChI=1S/C26H27ClN6O/c1-26(2,3)24(34)32-12-10-17(11-13-32)18-6-5-7-20(14-18)31(4)23-21-9-8-19(27)15-22(21)33-16-28-30-25(33)29-23/h5-10,14-16H,11-13H2,1-4H3. The lowest BCUT2D eigenvalue weighted by Gasteiger charge is -2.32. The topological polar surface area (TPSA) is 66.6 Å². The molecule has 0 aliphatic carbocycles. The van der Waals surface area contributed by atoms with E-state index in [1.54, 1.807) is 6.33 Å². The van der Waals surface area contributed by atoms with Crippen molar-refractivity contribution in [2.24, 2.45) is 5.41 Å². The zero-order valence-corrected chi connectivity index (χ0v) is 20.5. The Morgan fingerprint density at radius 3 is 2.71 bits per heavy atom. The Hall–Kier alpha value is -3.45. The third kappa shape index (κ3) is 4.01. The van der Waals surface area contributed by atoms with Crippen LogP contribution in [0.4, 0.5) is 11.5 Å². The van der Waals surface area contributed by atoms with Crippen LogP contribution in [0.3, 0.4) is 0 Å². The van der Waals surface area contributed by atoms with E-state index < -0.39 is 0 Å². The van der Waals surface area contributed by atoms with E-state index >= 15 is 0 Å². The van der Waals surface area contributed by atoms with E-state index in [9.17, 15) is 4.79 Å². The van der Waals surface area contributed by atoms with E-state index in [2.05, 4.69) is 45.4 Å². The van der Waals surface area contributed by atoms with Crippen molar-refractivity contribution in [3.05, 3.63) is 65.5 Å². The summed E-state index contributed by atoms with van der Waals surface area (Å²) >= 11 is 6.28. The summed E-state index contributed by atoms with van der Waals surface area (Å²) < 4.78 is 1.84. The number of fused-ring (bicyclic) bond motifs is 3. The van der Waals surface area contributed by atoms with Crippen molar-refractivity contribution in [2.75, 3.05) is 25.0 Å². The van der Waals surface area contributed by atoms with Crippen molar-refractivity contribution in [3.8, 4) is 0 Å². The molecule has 0 fully saturated rings. The Bertz CT molecular complexity index is 1430. The Kier molecular flexibility index (Phi) is 5.52. The molecule has 34 heavy (non-hydrogen) atoms. The van der Waals surface area contributed by atoms with Crippen LogP contribution < -0.4 is 4.90 Å². The van der Waals surface area contributed by atoms with Crippen molar-refractivity contribution in [2.45, 2.75) is 27.2 Å². The van der Waals surface area contributed by atoms with Crippen molar-refractivity contribution in [3.63, 3.8) is 0 Å². The molecule has 0 saturated carbocycles. The molecular formula is C26H27ClN6O. The van der Waals surface area contributed by atoms with Gasteiger partial charge in [0.2, 0.25) is 5.91 Å².